The van der Waals surface area contributed by atoms with Gasteiger partial charge < -0.3 is 4.57 Å². The lowest BCUT2D eigenvalue weighted by molar-refractivity contribution is -0.137. The van der Waals surface area contributed by atoms with Crippen LogP contribution in [0.2, 0.25) is 0 Å². The van der Waals surface area contributed by atoms with Crippen LogP contribution in [0.15, 0.2) is 70.8 Å². The van der Waals surface area contributed by atoms with Gasteiger partial charge in [0.1, 0.15) is 23.3 Å². The summed E-state index contributed by atoms with van der Waals surface area (Å²) in [6.07, 6.45) is -4.95. The molecule has 0 fully saturated rings. The Kier molecular flexibility index (Phi) is 5.87. The van der Waals surface area contributed by atoms with Gasteiger partial charge in [0.15, 0.2) is 0 Å². The van der Waals surface area contributed by atoms with Gasteiger partial charge in [0.25, 0.3) is 5.56 Å². The van der Waals surface area contributed by atoms with E-state index in [1.165, 1.54) is 6.07 Å². The summed E-state index contributed by atoms with van der Waals surface area (Å²) < 4.78 is 69.4. The van der Waals surface area contributed by atoms with Gasteiger partial charge in [-0.15, -0.1) is 11.3 Å². The van der Waals surface area contributed by atoms with E-state index in [4.69, 9.17) is 0 Å². The Labute approximate surface area is 188 Å². The second-order valence-corrected chi connectivity index (χ2v) is 8.03. The number of rotatable bonds is 4. The monoisotopic (exact) mass is 472 g/mol. The molecule has 2 aromatic heterocycles. The van der Waals surface area contributed by atoms with E-state index in [0.29, 0.717) is 10.9 Å². The van der Waals surface area contributed by atoms with Crippen LogP contribution in [0.4, 0.5) is 22.0 Å². The fraction of sp³-hybridized carbons (Fsp3) is 0.0833. The van der Waals surface area contributed by atoms with Crippen LogP contribution < -0.4 is 5.56 Å². The normalized spacial score (nSPS) is 11.4. The van der Waals surface area contributed by atoms with E-state index in [-0.39, 0.29) is 11.3 Å². The average molecular weight is 472 g/mol. The summed E-state index contributed by atoms with van der Waals surface area (Å²) in [5.41, 5.74) is -2.35. The van der Waals surface area contributed by atoms with Crippen molar-refractivity contribution < 1.29 is 22.0 Å². The number of aromatic nitrogens is 1. The van der Waals surface area contributed by atoms with Crippen molar-refractivity contribution in [2.24, 2.45) is 0 Å². The first-order valence-corrected chi connectivity index (χ1v) is 10.4. The van der Waals surface area contributed by atoms with Crippen molar-refractivity contribution >= 4 is 11.3 Å². The van der Waals surface area contributed by atoms with Gasteiger partial charge in [-0.05, 0) is 34.7 Å². The van der Waals surface area contributed by atoms with Crippen LogP contribution in [-0.2, 0) is 12.7 Å². The molecule has 2 aromatic carbocycles. The van der Waals surface area contributed by atoms with Crippen molar-refractivity contribution in [2.75, 3.05) is 0 Å². The molecule has 0 saturated heterocycles. The molecule has 0 unspecified atom stereocenters. The summed E-state index contributed by atoms with van der Waals surface area (Å²) in [6.45, 7) is -0.480. The second-order valence-electron chi connectivity index (χ2n) is 7.12. The van der Waals surface area contributed by atoms with E-state index in [9.17, 15) is 32.0 Å². The summed E-state index contributed by atoms with van der Waals surface area (Å²) in [5.74, 6) is -1.79. The highest BCUT2D eigenvalue weighted by Crippen LogP contribution is 2.37. The topological polar surface area (TPSA) is 45.8 Å². The Balaban J connectivity index is 1.94. The number of pyridine rings is 1. The molecule has 0 radical (unpaired) electrons. The highest BCUT2D eigenvalue weighted by atomic mass is 32.1. The summed E-state index contributed by atoms with van der Waals surface area (Å²) in [5, 5.41) is 11.0. The zero-order chi connectivity index (χ0) is 23.8. The number of thiophene rings is 1. The molecule has 0 N–H and O–H groups in total. The van der Waals surface area contributed by atoms with Gasteiger partial charge in [-0.25, -0.2) is 8.78 Å². The van der Waals surface area contributed by atoms with Gasteiger partial charge in [-0.2, -0.15) is 18.4 Å². The lowest BCUT2D eigenvalue weighted by Gasteiger charge is -2.17. The molecule has 2 heterocycles. The molecular weight excluding hydrogens is 459 g/mol. The van der Waals surface area contributed by atoms with E-state index in [2.05, 4.69) is 0 Å². The van der Waals surface area contributed by atoms with E-state index in [1.54, 1.807) is 11.4 Å². The third kappa shape index (κ3) is 4.43. The van der Waals surface area contributed by atoms with Gasteiger partial charge in [-0.1, -0.05) is 36.4 Å². The molecular formula is C24H13F5N2OS. The lowest BCUT2D eigenvalue weighted by Crippen LogP contribution is -2.28. The van der Waals surface area contributed by atoms with Crippen molar-refractivity contribution in [2.45, 2.75) is 12.7 Å². The number of benzene rings is 2. The highest BCUT2D eigenvalue weighted by molar-refractivity contribution is 7.14. The maximum Gasteiger partial charge on any atom is 0.417 e. The van der Waals surface area contributed by atoms with Crippen LogP contribution in [0.25, 0.3) is 21.7 Å². The Hall–Kier alpha value is -3.77. The van der Waals surface area contributed by atoms with Crippen LogP contribution in [0.1, 0.15) is 16.7 Å². The highest BCUT2D eigenvalue weighted by Gasteiger charge is 2.36. The first kappa shape index (κ1) is 22.4. The van der Waals surface area contributed by atoms with Crippen molar-refractivity contribution in [3.8, 4) is 27.8 Å². The third-order valence-electron chi connectivity index (χ3n) is 5.02. The molecule has 33 heavy (non-hydrogen) atoms. The Morgan fingerprint density at radius 3 is 2.33 bits per heavy atom. The molecule has 0 atom stereocenters. The Morgan fingerprint density at radius 2 is 1.70 bits per heavy atom. The van der Waals surface area contributed by atoms with Gasteiger partial charge in [0.05, 0.1) is 22.7 Å². The average Bonchev–Trinajstić information content (AvgIpc) is 3.26. The largest absolute Gasteiger partial charge is 0.417 e. The molecule has 9 heteroatoms. The molecule has 0 bridgehead atoms. The zero-order valence-corrected chi connectivity index (χ0v) is 17.5. The molecule has 166 valence electrons. The standard InChI is InChI=1S/C24H13F5N2OS/c25-17-7-6-15(20(26)9-17)12-31-21(10-19(24(27,28)29)18(11-30)23(31)32)22-8-16(13-33-22)14-4-2-1-3-5-14/h1-10,13H,12H2. The minimum absolute atomic E-state index is 0.108. The van der Waals surface area contributed by atoms with Gasteiger partial charge in [0.2, 0.25) is 0 Å². The number of alkyl halides is 3. The van der Waals surface area contributed by atoms with Crippen LogP contribution >= 0.6 is 11.3 Å². The van der Waals surface area contributed by atoms with Crippen molar-refractivity contribution in [1.82, 2.24) is 4.57 Å². The van der Waals surface area contributed by atoms with Crippen LogP contribution in [0, 0.1) is 23.0 Å². The predicted molar refractivity (Wildman–Crippen MR) is 115 cm³/mol. The van der Waals surface area contributed by atoms with E-state index < -0.39 is 41.0 Å². The molecule has 0 spiro atoms. The third-order valence-corrected chi connectivity index (χ3v) is 5.97. The number of halogens is 5. The van der Waals surface area contributed by atoms with Crippen LogP contribution in [0.3, 0.4) is 0 Å². The van der Waals surface area contributed by atoms with E-state index in [0.717, 1.165) is 45.2 Å². The SMILES string of the molecule is N#Cc1c(C(F)(F)F)cc(-c2cc(-c3ccccc3)cs2)n(Cc2ccc(F)cc2F)c1=O. The fourth-order valence-electron chi connectivity index (χ4n) is 3.41. The summed E-state index contributed by atoms with van der Waals surface area (Å²) in [6, 6.07) is 15.5. The minimum atomic E-state index is -4.95. The zero-order valence-electron chi connectivity index (χ0n) is 16.7. The number of nitrogens with zero attached hydrogens (tertiary/aromatic N) is 2. The quantitative estimate of drug-likeness (QED) is 0.320. The van der Waals surface area contributed by atoms with Crippen molar-refractivity contribution in [3.63, 3.8) is 0 Å². The maximum atomic E-state index is 14.3. The number of hydrogen-bond donors (Lipinski definition) is 0. The van der Waals surface area contributed by atoms with Crippen LogP contribution in [0.5, 0.6) is 0 Å². The van der Waals surface area contributed by atoms with Crippen molar-refractivity contribution in [3.05, 3.63) is 105 Å². The molecule has 0 amide bonds. The van der Waals surface area contributed by atoms with Gasteiger partial charge in [0, 0.05) is 11.6 Å². The van der Waals surface area contributed by atoms with Gasteiger partial charge in [-0.3, -0.25) is 4.79 Å². The molecule has 0 aliphatic carbocycles. The molecule has 4 rings (SSSR count). The summed E-state index contributed by atoms with van der Waals surface area (Å²) in [4.78, 5) is 13.3. The molecule has 4 aromatic rings. The predicted octanol–water partition coefficient (Wildman–Crippen LogP) is 6.46. The minimum Gasteiger partial charge on any atom is -0.302 e. The number of hydrogen-bond acceptors (Lipinski definition) is 3. The molecule has 0 saturated carbocycles. The lowest BCUT2D eigenvalue weighted by atomic mass is 10.1. The number of nitriles is 1. The van der Waals surface area contributed by atoms with Crippen LogP contribution in [-0.4, -0.2) is 4.57 Å². The Bertz CT molecular complexity index is 1430. The van der Waals surface area contributed by atoms with E-state index in [1.807, 2.05) is 30.3 Å². The van der Waals surface area contributed by atoms with Gasteiger partial charge >= 0.3 is 6.18 Å². The second kappa shape index (κ2) is 8.64. The van der Waals surface area contributed by atoms with E-state index >= 15 is 0 Å². The molecule has 0 aliphatic rings. The maximum absolute atomic E-state index is 14.3. The Morgan fingerprint density at radius 1 is 0.970 bits per heavy atom. The summed E-state index contributed by atoms with van der Waals surface area (Å²) >= 11 is 1.11. The fourth-order valence-corrected chi connectivity index (χ4v) is 4.35. The first-order chi connectivity index (χ1) is 15.7. The first-order valence-electron chi connectivity index (χ1n) is 9.52. The molecule has 3 nitrogen and oxygen atoms in total. The molecule has 0 aliphatic heterocycles. The smallest absolute Gasteiger partial charge is 0.302 e. The van der Waals surface area contributed by atoms with Crippen molar-refractivity contribution in [1.29, 1.82) is 5.26 Å². The summed E-state index contributed by atoms with van der Waals surface area (Å²) in [7, 11) is 0.